The van der Waals surface area contributed by atoms with Crippen LogP contribution in [-0.4, -0.2) is 11.6 Å². The van der Waals surface area contributed by atoms with E-state index < -0.39 is 0 Å². The minimum absolute atomic E-state index is 0.688. The van der Waals surface area contributed by atoms with E-state index >= 15 is 0 Å². The summed E-state index contributed by atoms with van der Waals surface area (Å²) in [6.45, 7) is 5.07. The van der Waals surface area contributed by atoms with Crippen LogP contribution < -0.4 is 4.74 Å². The van der Waals surface area contributed by atoms with E-state index in [0.29, 0.717) is 6.61 Å². The topological polar surface area (TPSA) is 22.1 Å². The van der Waals surface area contributed by atoms with Gasteiger partial charge in [0.2, 0.25) is 0 Å². The van der Waals surface area contributed by atoms with Crippen LogP contribution in [0.15, 0.2) is 22.1 Å². The highest BCUT2D eigenvalue weighted by Gasteiger charge is 2.21. The van der Waals surface area contributed by atoms with Crippen LogP contribution in [0.2, 0.25) is 0 Å². The molecule has 0 saturated carbocycles. The number of aromatic nitrogens is 1. The molecule has 1 unspecified atom stereocenters. The van der Waals surface area contributed by atoms with Crippen molar-refractivity contribution in [2.24, 2.45) is 0 Å². The van der Waals surface area contributed by atoms with Crippen LogP contribution in [0, 0.1) is 6.92 Å². The van der Waals surface area contributed by atoms with Gasteiger partial charge in [-0.15, -0.1) is 11.3 Å². The Hall–Kier alpha value is -0.870. The molecule has 4 heteroatoms. The Kier molecular flexibility index (Phi) is 4.65. The number of nitrogens with zero attached hydrogens (tertiary/aromatic N) is 1. The van der Waals surface area contributed by atoms with E-state index in [9.17, 15) is 0 Å². The fraction of sp³-hybridized carbons (Fsp3) is 0.471. The maximum Gasteiger partial charge on any atom is 0.159 e. The van der Waals surface area contributed by atoms with Crippen LogP contribution in [0.1, 0.15) is 47.4 Å². The van der Waals surface area contributed by atoms with Gasteiger partial charge >= 0.3 is 0 Å². The number of aryl methyl sites for hydroxylation is 2. The number of benzene rings is 1. The van der Waals surface area contributed by atoms with Gasteiger partial charge in [-0.25, -0.2) is 4.98 Å². The second kappa shape index (κ2) is 6.49. The number of hydrogen-bond donors (Lipinski definition) is 0. The molecule has 21 heavy (non-hydrogen) atoms. The lowest BCUT2D eigenvalue weighted by atomic mass is 9.99. The highest BCUT2D eigenvalue weighted by atomic mass is 79.9. The predicted molar refractivity (Wildman–Crippen MR) is 91.5 cm³/mol. The van der Waals surface area contributed by atoms with Gasteiger partial charge in [0.25, 0.3) is 0 Å². The fourth-order valence-electron chi connectivity index (χ4n) is 3.09. The van der Waals surface area contributed by atoms with Gasteiger partial charge in [0.1, 0.15) is 5.75 Å². The van der Waals surface area contributed by atoms with Crippen molar-refractivity contribution in [3.63, 3.8) is 0 Å². The Morgan fingerprint density at radius 1 is 1.43 bits per heavy atom. The molecule has 0 amide bonds. The summed E-state index contributed by atoms with van der Waals surface area (Å²) in [6.07, 6.45) is 4.60. The monoisotopic (exact) mass is 365 g/mol. The second-order valence-corrected chi connectivity index (χ2v) is 8.05. The molecule has 1 aliphatic rings. The van der Waals surface area contributed by atoms with Gasteiger partial charge in [-0.1, -0.05) is 13.0 Å². The van der Waals surface area contributed by atoms with E-state index in [2.05, 4.69) is 53.0 Å². The van der Waals surface area contributed by atoms with Gasteiger partial charge in [0.05, 0.1) is 12.3 Å². The lowest BCUT2D eigenvalue weighted by molar-refractivity contribution is 0.320. The largest absolute Gasteiger partial charge is 0.493 e. The van der Waals surface area contributed by atoms with Crippen molar-refractivity contribution in [3.8, 4) is 5.75 Å². The molecule has 0 radical (unpaired) electrons. The van der Waals surface area contributed by atoms with Crippen LogP contribution >= 0.6 is 27.3 Å². The third-order valence-electron chi connectivity index (χ3n) is 4.28. The van der Waals surface area contributed by atoms with E-state index in [4.69, 9.17) is 4.74 Å². The first-order chi connectivity index (χ1) is 10.2. The van der Waals surface area contributed by atoms with E-state index in [1.807, 2.05) is 0 Å². The van der Waals surface area contributed by atoms with Crippen molar-refractivity contribution in [2.75, 3.05) is 6.61 Å². The van der Waals surface area contributed by atoms with E-state index in [-0.39, 0.29) is 0 Å². The molecule has 112 valence electrons. The van der Waals surface area contributed by atoms with Crippen molar-refractivity contribution in [3.05, 3.63) is 43.8 Å². The molecule has 1 aromatic heterocycles. The Balaban J connectivity index is 1.60. The summed E-state index contributed by atoms with van der Waals surface area (Å²) in [5.41, 5.74) is 4.15. The molecule has 3 rings (SSSR count). The number of hydrogen-bond acceptors (Lipinski definition) is 3. The van der Waals surface area contributed by atoms with Gasteiger partial charge in [-0.05, 0) is 71.3 Å². The number of rotatable bonds is 5. The maximum absolute atomic E-state index is 5.92. The summed E-state index contributed by atoms with van der Waals surface area (Å²) in [4.78, 5) is 5.74. The molecule has 0 bridgehead atoms. The molecule has 0 N–H and O–H groups in total. The molecule has 2 aromatic rings. The molecule has 1 heterocycles. The lowest BCUT2D eigenvalue weighted by Crippen LogP contribution is -2.03. The van der Waals surface area contributed by atoms with Crippen molar-refractivity contribution < 1.29 is 4.74 Å². The van der Waals surface area contributed by atoms with Crippen LogP contribution in [0.3, 0.4) is 0 Å². The van der Waals surface area contributed by atoms with Crippen molar-refractivity contribution in [1.29, 1.82) is 0 Å². The standard InChI is InChI=1S/C17H20BrNOS/c1-3-12-4-5-13-10-14(6-7-15(12)13)20-9-8-16-11(2)21-17(18)19-16/h6-7,10,12H,3-5,8-9H2,1-2H3. The highest BCUT2D eigenvalue weighted by molar-refractivity contribution is 9.11. The first-order valence-corrected chi connectivity index (χ1v) is 9.15. The Morgan fingerprint density at radius 3 is 3.00 bits per heavy atom. The zero-order valence-electron chi connectivity index (χ0n) is 12.5. The van der Waals surface area contributed by atoms with Crippen molar-refractivity contribution in [2.45, 2.75) is 45.4 Å². The molecule has 1 aliphatic carbocycles. The molecular formula is C17H20BrNOS. The summed E-state index contributed by atoms with van der Waals surface area (Å²) < 4.78 is 6.87. The zero-order chi connectivity index (χ0) is 14.8. The van der Waals surface area contributed by atoms with Gasteiger partial charge in [-0.3, -0.25) is 0 Å². The quantitative estimate of drug-likeness (QED) is 0.719. The molecule has 0 saturated heterocycles. The molecule has 1 aromatic carbocycles. The molecule has 0 fully saturated rings. The van der Waals surface area contributed by atoms with Crippen molar-refractivity contribution in [1.82, 2.24) is 4.98 Å². The average Bonchev–Trinajstić information content (AvgIpc) is 3.01. The molecule has 0 aliphatic heterocycles. The van der Waals surface area contributed by atoms with Crippen LogP contribution in [-0.2, 0) is 12.8 Å². The SMILES string of the molecule is CCC1CCc2cc(OCCc3nc(Br)sc3C)ccc21. The van der Waals surface area contributed by atoms with Crippen molar-refractivity contribution >= 4 is 27.3 Å². The smallest absolute Gasteiger partial charge is 0.159 e. The number of thiazole rings is 1. The van der Waals surface area contributed by atoms with Gasteiger partial charge < -0.3 is 4.74 Å². The second-order valence-electron chi connectivity index (χ2n) is 5.57. The Morgan fingerprint density at radius 2 is 2.29 bits per heavy atom. The maximum atomic E-state index is 5.92. The summed E-state index contributed by atoms with van der Waals surface area (Å²) in [6, 6.07) is 6.61. The number of fused-ring (bicyclic) bond motifs is 1. The summed E-state index contributed by atoms with van der Waals surface area (Å²) >= 11 is 5.12. The van der Waals surface area contributed by atoms with Crippen LogP contribution in [0.25, 0.3) is 0 Å². The van der Waals surface area contributed by atoms with Crippen LogP contribution in [0.4, 0.5) is 0 Å². The Labute approximate surface area is 138 Å². The summed E-state index contributed by atoms with van der Waals surface area (Å²) in [5, 5.41) is 0. The first kappa shape index (κ1) is 15.0. The molecule has 1 atom stereocenters. The minimum atomic E-state index is 0.688. The predicted octanol–water partition coefficient (Wildman–Crippen LogP) is 5.28. The first-order valence-electron chi connectivity index (χ1n) is 7.54. The minimum Gasteiger partial charge on any atom is -0.493 e. The summed E-state index contributed by atoms with van der Waals surface area (Å²) in [5.74, 6) is 1.75. The molecular weight excluding hydrogens is 346 g/mol. The normalized spacial score (nSPS) is 17.0. The summed E-state index contributed by atoms with van der Waals surface area (Å²) in [7, 11) is 0. The molecule has 0 spiro atoms. The van der Waals surface area contributed by atoms with Gasteiger partial charge in [0.15, 0.2) is 3.92 Å². The number of ether oxygens (including phenoxy) is 1. The van der Waals surface area contributed by atoms with Gasteiger partial charge in [-0.2, -0.15) is 0 Å². The van der Waals surface area contributed by atoms with E-state index in [0.717, 1.165) is 27.7 Å². The molecule has 2 nitrogen and oxygen atoms in total. The van der Waals surface area contributed by atoms with Gasteiger partial charge in [0, 0.05) is 11.3 Å². The third kappa shape index (κ3) is 3.32. The fourth-order valence-corrected chi connectivity index (χ4v) is 4.70. The average molecular weight is 366 g/mol. The third-order valence-corrected chi connectivity index (χ3v) is 5.75. The Bertz CT molecular complexity index is 638. The lowest BCUT2D eigenvalue weighted by Gasteiger charge is -2.10. The zero-order valence-corrected chi connectivity index (χ0v) is 14.9. The highest BCUT2D eigenvalue weighted by Crippen LogP contribution is 2.37. The van der Waals surface area contributed by atoms with E-state index in [1.54, 1.807) is 11.3 Å². The van der Waals surface area contributed by atoms with Crippen LogP contribution in [0.5, 0.6) is 5.75 Å². The van der Waals surface area contributed by atoms with E-state index in [1.165, 1.54) is 35.3 Å². The number of halogens is 1.